The first-order chi connectivity index (χ1) is 19.9. The molecule has 5 heteroatoms. The Hall–Kier alpha value is -3.49. The Morgan fingerprint density at radius 2 is 1.37 bits per heavy atom. The van der Waals surface area contributed by atoms with Gasteiger partial charge in [0.25, 0.3) is 0 Å². The molecule has 0 aliphatic carbocycles. The molecule has 1 aliphatic rings. The van der Waals surface area contributed by atoms with Crippen molar-refractivity contribution in [2.24, 2.45) is 11.8 Å². The molecular weight excluding hydrogens is 504 g/mol. The molecule has 0 aromatic heterocycles. The number of allylic oxidation sites excluding steroid dienone is 2. The Balaban J connectivity index is 2.42. The number of rotatable bonds is 17. The summed E-state index contributed by atoms with van der Waals surface area (Å²) >= 11 is 0. The minimum absolute atomic E-state index is 0.106. The lowest BCUT2D eigenvalue weighted by Crippen LogP contribution is -2.34. The van der Waals surface area contributed by atoms with Crippen LogP contribution < -0.4 is 4.90 Å². The molecule has 0 fully saturated rings. The summed E-state index contributed by atoms with van der Waals surface area (Å²) in [4.78, 5) is 2.61. The highest BCUT2D eigenvalue weighted by Gasteiger charge is 2.43. The monoisotopic (exact) mass is 554 g/mol. The predicted molar refractivity (Wildman–Crippen MR) is 170 cm³/mol. The molecule has 2 atom stereocenters. The number of anilines is 1. The number of nitriles is 3. The van der Waals surface area contributed by atoms with Crippen LogP contribution in [0.5, 0.6) is 0 Å². The van der Waals surface area contributed by atoms with Gasteiger partial charge < -0.3 is 9.64 Å². The van der Waals surface area contributed by atoms with Crippen molar-refractivity contribution < 1.29 is 4.74 Å². The summed E-state index contributed by atoms with van der Waals surface area (Å²) < 4.78 is 6.18. The van der Waals surface area contributed by atoms with Crippen molar-refractivity contribution in [3.8, 4) is 18.2 Å². The Bertz CT molecular complexity index is 1150. The second-order valence-electron chi connectivity index (χ2n) is 11.3. The van der Waals surface area contributed by atoms with Gasteiger partial charge in [0.2, 0.25) is 0 Å². The third kappa shape index (κ3) is 8.75. The van der Waals surface area contributed by atoms with E-state index in [4.69, 9.17) is 4.74 Å². The van der Waals surface area contributed by atoms with Crippen LogP contribution in [0.2, 0.25) is 0 Å². The van der Waals surface area contributed by atoms with Crippen molar-refractivity contribution in [3.63, 3.8) is 0 Å². The molecule has 0 amide bonds. The summed E-state index contributed by atoms with van der Waals surface area (Å²) in [5, 5.41) is 28.9. The lowest BCUT2D eigenvalue weighted by molar-refractivity contribution is 0.0524. The van der Waals surface area contributed by atoms with Crippen LogP contribution in [0, 0.1) is 45.8 Å². The van der Waals surface area contributed by atoms with Crippen LogP contribution in [0.25, 0.3) is 6.08 Å². The van der Waals surface area contributed by atoms with E-state index in [9.17, 15) is 15.8 Å². The van der Waals surface area contributed by atoms with Crippen molar-refractivity contribution >= 4 is 11.8 Å². The molecule has 0 bridgehead atoms. The molecule has 41 heavy (non-hydrogen) atoms. The lowest BCUT2D eigenvalue weighted by atomic mass is 9.86. The van der Waals surface area contributed by atoms with Gasteiger partial charge in [0.1, 0.15) is 29.4 Å². The smallest absolute Gasteiger partial charge is 0.172 e. The van der Waals surface area contributed by atoms with Gasteiger partial charge in [-0.2, -0.15) is 15.8 Å². The highest BCUT2D eigenvalue weighted by molar-refractivity contribution is 5.65. The van der Waals surface area contributed by atoms with Gasteiger partial charge in [0.15, 0.2) is 11.3 Å². The first kappa shape index (κ1) is 33.7. The van der Waals surface area contributed by atoms with Crippen LogP contribution in [0.1, 0.15) is 111 Å². The van der Waals surface area contributed by atoms with Crippen molar-refractivity contribution in [1.82, 2.24) is 0 Å². The number of hydrogen-bond acceptors (Lipinski definition) is 5. The molecular formula is C36H50N4O. The second kappa shape index (κ2) is 17.4. The van der Waals surface area contributed by atoms with Crippen LogP contribution in [0.4, 0.5) is 5.69 Å². The number of hydrogen-bond donors (Lipinski definition) is 0. The molecule has 0 saturated carbocycles. The Kier molecular flexibility index (Phi) is 14.3. The fourth-order valence-corrected chi connectivity index (χ4v) is 5.79. The van der Waals surface area contributed by atoms with E-state index in [0.717, 1.165) is 24.2 Å². The average molecular weight is 555 g/mol. The molecule has 0 radical (unpaired) electrons. The van der Waals surface area contributed by atoms with Gasteiger partial charge in [-0.3, -0.25) is 0 Å². The highest BCUT2D eigenvalue weighted by atomic mass is 16.5. The maximum atomic E-state index is 9.98. The summed E-state index contributed by atoms with van der Waals surface area (Å²) in [6, 6.07) is 14.7. The second-order valence-corrected chi connectivity index (χ2v) is 11.3. The van der Waals surface area contributed by atoms with Gasteiger partial charge in [-0.25, -0.2) is 0 Å². The van der Waals surface area contributed by atoms with Crippen molar-refractivity contribution in [1.29, 1.82) is 15.8 Å². The molecule has 0 N–H and O–H groups in total. The molecule has 0 spiro atoms. The van der Waals surface area contributed by atoms with Gasteiger partial charge in [0, 0.05) is 24.4 Å². The fourth-order valence-electron chi connectivity index (χ4n) is 5.79. The predicted octanol–water partition coefficient (Wildman–Crippen LogP) is 9.65. The molecule has 220 valence electrons. The zero-order chi connectivity index (χ0) is 30.3. The van der Waals surface area contributed by atoms with Gasteiger partial charge in [-0.1, -0.05) is 104 Å². The first-order valence-electron chi connectivity index (χ1n) is 15.8. The van der Waals surface area contributed by atoms with Crippen molar-refractivity contribution in [2.45, 2.75) is 111 Å². The van der Waals surface area contributed by atoms with E-state index in [1.54, 1.807) is 0 Å². The quantitative estimate of drug-likeness (QED) is 0.179. The standard InChI is InChI=1S/C36H50N4O/c1-7-13-15-28(9-3)26-40(27-29(10-4)16-14-8-2)32-20-17-30(18-21-32)19-22-34-33(25-39)35(31(23-37)24-38)41-36(34,11-5)12-6/h17-22,28-29H,7-16,26-27H2,1-6H3/b22-19+. The highest BCUT2D eigenvalue weighted by Crippen LogP contribution is 2.44. The van der Waals surface area contributed by atoms with E-state index in [2.05, 4.69) is 62.9 Å². The third-order valence-corrected chi connectivity index (χ3v) is 8.73. The lowest BCUT2D eigenvalue weighted by Gasteiger charge is -2.32. The van der Waals surface area contributed by atoms with Crippen LogP contribution in [0.15, 0.2) is 52.8 Å². The fraction of sp³-hybridized carbons (Fsp3) is 0.583. The molecule has 1 aliphatic heterocycles. The third-order valence-electron chi connectivity index (χ3n) is 8.73. The van der Waals surface area contributed by atoms with Crippen molar-refractivity contribution in [3.05, 3.63) is 58.4 Å². The van der Waals surface area contributed by atoms with Crippen LogP contribution in [-0.4, -0.2) is 18.7 Å². The molecule has 1 heterocycles. The molecule has 2 rings (SSSR count). The topological polar surface area (TPSA) is 83.8 Å². The summed E-state index contributed by atoms with van der Waals surface area (Å²) in [7, 11) is 0. The maximum Gasteiger partial charge on any atom is 0.172 e. The van der Waals surface area contributed by atoms with Gasteiger partial charge in [-0.15, -0.1) is 0 Å². The summed E-state index contributed by atoms with van der Waals surface area (Å²) in [5.41, 5.74) is 2.43. The SMILES string of the molecule is CCCCC(CC)CN(CC(CC)CCCC)c1ccc(/C=C/C2=C(C#N)C(=C(C#N)C#N)OC2(CC)CC)cc1. The Morgan fingerprint density at radius 1 is 0.829 bits per heavy atom. The summed E-state index contributed by atoms with van der Waals surface area (Å²) in [6.45, 7) is 15.4. The zero-order valence-electron chi connectivity index (χ0n) is 26.3. The molecule has 0 saturated heterocycles. The number of ether oxygens (including phenoxy) is 1. The van der Waals surface area contributed by atoms with Crippen LogP contribution in [-0.2, 0) is 4.74 Å². The van der Waals surface area contributed by atoms with E-state index < -0.39 is 5.60 Å². The number of benzene rings is 1. The van der Waals surface area contributed by atoms with Crippen LogP contribution >= 0.6 is 0 Å². The Morgan fingerprint density at radius 3 is 1.78 bits per heavy atom. The van der Waals surface area contributed by atoms with E-state index in [1.807, 2.05) is 38.1 Å². The van der Waals surface area contributed by atoms with Gasteiger partial charge in [0.05, 0.1) is 0 Å². The zero-order valence-corrected chi connectivity index (χ0v) is 26.3. The minimum Gasteiger partial charge on any atom is -0.479 e. The summed E-state index contributed by atoms with van der Waals surface area (Å²) in [5.74, 6) is 1.50. The van der Waals surface area contributed by atoms with Gasteiger partial charge in [-0.05, 0) is 55.2 Å². The minimum atomic E-state index is -0.728. The van der Waals surface area contributed by atoms with Crippen LogP contribution in [0.3, 0.4) is 0 Å². The average Bonchev–Trinajstić information content (AvgIpc) is 3.33. The van der Waals surface area contributed by atoms with E-state index in [0.29, 0.717) is 24.7 Å². The van der Waals surface area contributed by atoms with E-state index >= 15 is 0 Å². The number of unbranched alkanes of at least 4 members (excludes halogenated alkanes) is 2. The first-order valence-corrected chi connectivity index (χ1v) is 15.8. The van der Waals surface area contributed by atoms with Crippen molar-refractivity contribution in [2.75, 3.05) is 18.0 Å². The van der Waals surface area contributed by atoms with E-state index in [1.165, 1.54) is 57.1 Å². The summed E-state index contributed by atoms with van der Waals surface area (Å²) in [6.07, 6.45) is 15.2. The molecule has 1 aromatic carbocycles. The van der Waals surface area contributed by atoms with E-state index in [-0.39, 0.29) is 16.9 Å². The molecule has 2 unspecified atom stereocenters. The largest absolute Gasteiger partial charge is 0.479 e. The normalized spacial score (nSPS) is 15.6. The molecule has 1 aromatic rings. The number of nitrogens with zero attached hydrogens (tertiary/aromatic N) is 4. The molecule has 5 nitrogen and oxygen atoms in total. The van der Waals surface area contributed by atoms with Gasteiger partial charge >= 0.3 is 0 Å². The maximum absolute atomic E-state index is 9.98. The Labute approximate surface area is 249 Å².